The molecule has 3 rings (SSSR count). The molecule has 1 aliphatic carbocycles. The van der Waals surface area contributed by atoms with Gasteiger partial charge in [0.25, 0.3) is 11.5 Å². The molecule has 5 heteroatoms. The summed E-state index contributed by atoms with van der Waals surface area (Å²) in [6.07, 6.45) is 6.79. The van der Waals surface area contributed by atoms with Gasteiger partial charge in [-0.25, -0.2) is 0 Å². The number of aromatic nitrogens is 2. The first-order chi connectivity index (χ1) is 11.6. The highest BCUT2D eigenvalue weighted by atomic mass is 16.1. The van der Waals surface area contributed by atoms with Gasteiger partial charge in [-0.1, -0.05) is 19.8 Å². The van der Waals surface area contributed by atoms with Gasteiger partial charge in [-0.2, -0.15) is 0 Å². The molecule has 0 radical (unpaired) electrons. The normalized spacial score (nSPS) is 14.8. The summed E-state index contributed by atoms with van der Waals surface area (Å²) in [5, 5.41) is 3.10. The van der Waals surface area contributed by atoms with E-state index in [1.807, 2.05) is 19.9 Å². The summed E-state index contributed by atoms with van der Waals surface area (Å²) < 4.78 is 0. The molecule has 0 saturated heterocycles. The Bertz CT molecular complexity index is 804. The molecular weight excluding hydrogens is 302 g/mol. The third-order valence-corrected chi connectivity index (χ3v) is 4.68. The number of rotatable bonds is 4. The number of aryl methyl sites for hydroxylation is 2. The lowest BCUT2D eigenvalue weighted by Gasteiger charge is -2.13. The van der Waals surface area contributed by atoms with Crippen LogP contribution >= 0.6 is 0 Å². The molecule has 1 saturated carbocycles. The quantitative estimate of drug-likeness (QED) is 0.907. The van der Waals surface area contributed by atoms with E-state index >= 15 is 0 Å². The van der Waals surface area contributed by atoms with Crippen molar-refractivity contribution in [1.29, 1.82) is 0 Å². The number of amides is 1. The summed E-state index contributed by atoms with van der Waals surface area (Å²) in [6.45, 7) is 3.80. The minimum Gasteiger partial charge on any atom is -0.349 e. The van der Waals surface area contributed by atoms with E-state index < -0.39 is 0 Å². The van der Waals surface area contributed by atoms with Crippen LogP contribution in [0.3, 0.4) is 0 Å². The maximum Gasteiger partial charge on any atom is 0.251 e. The Morgan fingerprint density at radius 1 is 1.33 bits per heavy atom. The van der Waals surface area contributed by atoms with Crippen LogP contribution in [0.25, 0.3) is 11.3 Å². The van der Waals surface area contributed by atoms with E-state index in [1.165, 1.54) is 12.8 Å². The number of aromatic amines is 1. The Morgan fingerprint density at radius 3 is 2.79 bits per heavy atom. The molecule has 1 aliphatic rings. The Labute approximate surface area is 141 Å². The van der Waals surface area contributed by atoms with Crippen molar-refractivity contribution >= 4 is 5.91 Å². The zero-order chi connectivity index (χ0) is 17.1. The lowest BCUT2D eigenvalue weighted by molar-refractivity contribution is 0.0938. The topological polar surface area (TPSA) is 74.8 Å². The van der Waals surface area contributed by atoms with Gasteiger partial charge in [-0.15, -0.1) is 0 Å². The van der Waals surface area contributed by atoms with Crippen molar-refractivity contribution in [3.63, 3.8) is 0 Å². The van der Waals surface area contributed by atoms with Crippen LogP contribution in [-0.2, 0) is 6.42 Å². The second kappa shape index (κ2) is 6.99. The van der Waals surface area contributed by atoms with E-state index in [-0.39, 0.29) is 17.5 Å². The number of nitrogens with zero attached hydrogens (tertiary/aromatic N) is 1. The highest BCUT2D eigenvalue weighted by molar-refractivity contribution is 5.95. The molecule has 0 aliphatic heterocycles. The average molecular weight is 325 g/mol. The first kappa shape index (κ1) is 16.4. The fourth-order valence-electron chi connectivity index (χ4n) is 3.25. The van der Waals surface area contributed by atoms with Crippen LogP contribution in [0, 0.1) is 6.92 Å². The molecule has 0 bridgehead atoms. The largest absolute Gasteiger partial charge is 0.349 e. The lowest BCUT2D eigenvalue weighted by atomic mass is 10.0. The van der Waals surface area contributed by atoms with Crippen LogP contribution in [0.5, 0.6) is 0 Å². The van der Waals surface area contributed by atoms with Gasteiger partial charge < -0.3 is 10.3 Å². The second-order valence-corrected chi connectivity index (χ2v) is 6.40. The van der Waals surface area contributed by atoms with Crippen LogP contribution in [0.2, 0.25) is 0 Å². The molecule has 0 unspecified atom stereocenters. The predicted octanol–water partition coefficient (Wildman–Crippen LogP) is 2.98. The number of hydrogen-bond acceptors (Lipinski definition) is 3. The minimum absolute atomic E-state index is 0.0525. The molecule has 0 spiro atoms. The molecule has 2 aromatic rings. The number of carbonyl (C=O) groups is 1. The van der Waals surface area contributed by atoms with Crippen molar-refractivity contribution in [3.05, 3.63) is 51.6 Å². The Morgan fingerprint density at radius 2 is 2.08 bits per heavy atom. The van der Waals surface area contributed by atoms with Crippen molar-refractivity contribution in [3.8, 4) is 11.3 Å². The number of H-pyrrole nitrogens is 1. The molecule has 0 atom stereocenters. The van der Waals surface area contributed by atoms with E-state index in [0.29, 0.717) is 17.7 Å². The first-order valence-corrected chi connectivity index (χ1v) is 8.58. The lowest BCUT2D eigenvalue weighted by Crippen LogP contribution is -2.32. The third-order valence-electron chi connectivity index (χ3n) is 4.68. The van der Waals surface area contributed by atoms with Gasteiger partial charge in [0, 0.05) is 34.6 Å². The zero-order valence-electron chi connectivity index (χ0n) is 14.2. The second-order valence-electron chi connectivity index (χ2n) is 6.40. The molecule has 2 aromatic heterocycles. The number of pyridine rings is 2. The highest BCUT2D eigenvalue weighted by Gasteiger charge is 2.18. The average Bonchev–Trinajstić information content (AvgIpc) is 3.08. The van der Waals surface area contributed by atoms with Crippen molar-refractivity contribution in [2.75, 3.05) is 0 Å². The Balaban J connectivity index is 1.90. The highest BCUT2D eigenvalue weighted by Crippen LogP contribution is 2.22. The molecule has 5 nitrogen and oxygen atoms in total. The van der Waals surface area contributed by atoms with Crippen LogP contribution in [0.4, 0.5) is 0 Å². The van der Waals surface area contributed by atoms with E-state index in [1.54, 1.807) is 18.3 Å². The SMILES string of the molecule is CCc1cc(-c2cc(C(=O)NC3CCCC3)ccn2)c(C)[nH]c1=O. The van der Waals surface area contributed by atoms with Gasteiger partial charge >= 0.3 is 0 Å². The molecular formula is C19H23N3O2. The van der Waals surface area contributed by atoms with Gasteiger partial charge in [0.05, 0.1) is 5.69 Å². The zero-order valence-corrected chi connectivity index (χ0v) is 14.2. The maximum absolute atomic E-state index is 12.4. The fraction of sp³-hybridized carbons (Fsp3) is 0.421. The van der Waals surface area contributed by atoms with E-state index in [0.717, 1.165) is 29.7 Å². The summed E-state index contributed by atoms with van der Waals surface area (Å²) >= 11 is 0. The molecule has 2 N–H and O–H groups in total. The summed E-state index contributed by atoms with van der Waals surface area (Å²) in [4.78, 5) is 31.6. The summed E-state index contributed by atoms with van der Waals surface area (Å²) in [6, 6.07) is 5.69. The van der Waals surface area contributed by atoms with Gasteiger partial charge in [0.15, 0.2) is 0 Å². The van der Waals surface area contributed by atoms with Gasteiger partial charge in [0.2, 0.25) is 0 Å². The summed E-state index contributed by atoms with van der Waals surface area (Å²) in [5.74, 6) is -0.0525. The number of carbonyl (C=O) groups excluding carboxylic acids is 1. The smallest absolute Gasteiger partial charge is 0.251 e. The van der Waals surface area contributed by atoms with Crippen molar-refractivity contribution in [1.82, 2.24) is 15.3 Å². The monoisotopic (exact) mass is 325 g/mol. The minimum atomic E-state index is -0.0612. The van der Waals surface area contributed by atoms with Gasteiger partial charge in [-0.05, 0) is 44.4 Å². The molecule has 24 heavy (non-hydrogen) atoms. The van der Waals surface area contributed by atoms with E-state index in [4.69, 9.17) is 0 Å². The standard InChI is InChI=1S/C19H23N3O2/c1-3-13-10-16(12(2)21-18(13)23)17-11-14(8-9-20-17)19(24)22-15-6-4-5-7-15/h8-11,15H,3-7H2,1-2H3,(H,21,23)(H,22,24). The summed E-state index contributed by atoms with van der Waals surface area (Å²) in [5.41, 5.74) is 3.60. The van der Waals surface area contributed by atoms with Gasteiger partial charge in [0.1, 0.15) is 0 Å². The van der Waals surface area contributed by atoms with Crippen molar-refractivity contribution in [2.24, 2.45) is 0 Å². The molecule has 126 valence electrons. The van der Waals surface area contributed by atoms with Crippen molar-refractivity contribution < 1.29 is 4.79 Å². The van der Waals surface area contributed by atoms with Crippen LogP contribution in [0.1, 0.15) is 54.2 Å². The number of hydrogen-bond donors (Lipinski definition) is 2. The molecule has 0 aromatic carbocycles. The van der Waals surface area contributed by atoms with Crippen LogP contribution in [-0.4, -0.2) is 21.9 Å². The molecule has 1 fully saturated rings. The Hall–Kier alpha value is -2.43. The first-order valence-electron chi connectivity index (χ1n) is 8.58. The molecule has 1 amide bonds. The summed E-state index contributed by atoms with van der Waals surface area (Å²) in [7, 11) is 0. The fourth-order valence-corrected chi connectivity index (χ4v) is 3.25. The van der Waals surface area contributed by atoms with E-state index in [2.05, 4.69) is 15.3 Å². The Kier molecular flexibility index (Phi) is 4.79. The molecule has 2 heterocycles. The van der Waals surface area contributed by atoms with Crippen LogP contribution < -0.4 is 10.9 Å². The number of nitrogens with one attached hydrogen (secondary N) is 2. The predicted molar refractivity (Wildman–Crippen MR) is 94.1 cm³/mol. The van der Waals surface area contributed by atoms with Crippen molar-refractivity contribution in [2.45, 2.75) is 52.0 Å². The van der Waals surface area contributed by atoms with Gasteiger partial charge in [-0.3, -0.25) is 14.6 Å². The maximum atomic E-state index is 12.4. The third kappa shape index (κ3) is 3.40. The van der Waals surface area contributed by atoms with E-state index in [9.17, 15) is 9.59 Å². The van der Waals surface area contributed by atoms with Crippen LogP contribution in [0.15, 0.2) is 29.2 Å².